The van der Waals surface area contributed by atoms with Gasteiger partial charge in [-0.3, -0.25) is 10.1 Å². The summed E-state index contributed by atoms with van der Waals surface area (Å²) in [7, 11) is -3.75. The topological polar surface area (TPSA) is 85.0 Å². The van der Waals surface area contributed by atoms with Crippen LogP contribution in [0, 0.1) is 17.0 Å². The predicted molar refractivity (Wildman–Crippen MR) is 102 cm³/mol. The Hall–Kier alpha value is -2.29. The van der Waals surface area contributed by atoms with Gasteiger partial charge >= 0.3 is 0 Å². The van der Waals surface area contributed by atoms with Crippen molar-refractivity contribution in [3.05, 3.63) is 69.8 Å². The molecule has 144 valence electrons. The van der Waals surface area contributed by atoms with Crippen LogP contribution in [0.2, 0.25) is 0 Å². The molecule has 0 aromatic heterocycles. The molecule has 0 radical (unpaired) electrons. The van der Waals surface area contributed by atoms with Crippen molar-refractivity contribution in [3.8, 4) is 0 Å². The molecule has 1 aliphatic rings. The Morgan fingerprint density at radius 1 is 1.11 bits per heavy atom. The van der Waals surface area contributed by atoms with Crippen LogP contribution >= 0.6 is 0 Å². The molecule has 1 atom stereocenters. The van der Waals surface area contributed by atoms with Gasteiger partial charge in [-0.2, -0.15) is 4.31 Å². The maximum atomic E-state index is 13.0. The second kappa shape index (κ2) is 7.75. The van der Waals surface area contributed by atoms with E-state index in [1.165, 1.54) is 26.9 Å². The molecule has 8 heteroatoms. The Labute approximate surface area is 159 Å². The highest BCUT2D eigenvalue weighted by molar-refractivity contribution is 7.89. The third kappa shape index (κ3) is 4.02. The minimum Gasteiger partial charge on any atom is -0.327 e. The van der Waals surface area contributed by atoms with Gasteiger partial charge in [0.15, 0.2) is 0 Å². The van der Waals surface area contributed by atoms with Gasteiger partial charge in [-0.1, -0.05) is 36.4 Å². The van der Waals surface area contributed by atoms with E-state index in [1.807, 2.05) is 18.2 Å². The SMILES string of the molecule is Cc1ccc([N+](=O)[O-])cc1S(=O)(=O)N1CC[NH+]([C@H](C)c2ccccc2)CC1. The van der Waals surface area contributed by atoms with Gasteiger partial charge in [0.1, 0.15) is 6.04 Å². The number of piperazine rings is 1. The molecule has 0 spiro atoms. The highest BCUT2D eigenvalue weighted by atomic mass is 32.2. The number of rotatable bonds is 5. The zero-order chi connectivity index (χ0) is 19.6. The molecule has 0 amide bonds. The lowest BCUT2D eigenvalue weighted by Crippen LogP contribution is -3.14. The fraction of sp³-hybridized carbons (Fsp3) is 0.368. The van der Waals surface area contributed by atoms with E-state index < -0.39 is 14.9 Å². The van der Waals surface area contributed by atoms with Crippen LogP contribution in [0.3, 0.4) is 0 Å². The van der Waals surface area contributed by atoms with Gasteiger partial charge < -0.3 is 4.90 Å². The van der Waals surface area contributed by atoms with Gasteiger partial charge in [-0.15, -0.1) is 0 Å². The van der Waals surface area contributed by atoms with Crippen LogP contribution in [0.15, 0.2) is 53.4 Å². The summed E-state index contributed by atoms with van der Waals surface area (Å²) >= 11 is 0. The summed E-state index contributed by atoms with van der Waals surface area (Å²) in [5.41, 5.74) is 1.55. The molecule has 1 saturated heterocycles. The molecule has 0 unspecified atom stereocenters. The van der Waals surface area contributed by atoms with Crippen LogP contribution in [0.1, 0.15) is 24.1 Å². The van der Waals surface area contributed by atoms with E-state index >= 15 is 0 Å². The molecule has 2 aromatic rings. The Balaban J connectivity index is 1.75. The van der Waals surface area contributed by atoms with Gasteiger partial charge in [-0.25, -0.2) is 8.42 Å². The van der Waals surface area contributed by atoms with Crippen LogP contribution in [-0.4, -0.2) is 43.8 Å². The van der Waals surface area contributed by atoms with E-state index in [9.17, 15) is 18.5 Å². The van der Waals surface area contributed by atoms with Gasteiger partial charge in [-0.05, 0) is 19.4 Å². The van der Waals surface area contributed by atoms with E-state index in [-0.39, 0.29) is 16.6 Å². The first-order valence-electron chi connectivity index (χ1n) is 8.95. The van der Waals surface area contributed by atoms with E-state index in [4.69, 9.17) is 0 Å². The monoisotopic (exact) mass is 390 g/mol. The number of aryl methyl sites for hydroxylation is 1. The average molecular weight is 390 g/mol. The molecule has 2 aromatic carbocycles. The van der Waals surface area contributed by atoms with Crippen molar-refractivity contribution in [2.75, 3.05) is 26.2 Å². The normalized spacial score (nSPS) is 17.6. The van der Waals surface area contributed by atoms with Crippen LogP contribution in [0.5, 0.6) is 0 Å². The number of hydrogen-bond donors (Lipinski definition) is 1. The molecule has 1 heterocycles. The highest BCUT2D eigenvalue weighted by Gasteiger charge is 2.34. The van der Waals surface area contributed by atoms with Gasteiger partial charge in [0.05, 0.1) is 36.0 Å². The number of nitrogens with zero attached hydrogens (tertiary/aromatic N) is 2. The van der Waals surface area contributed by atoms with Gasteiger partial charge in [0, 0.05) is 17.7 Å². The Bertz CT molecular complexity index is 923. The maximum Gasteiger partial charge on any atom is 0.270 e. The molecule has 1 fully saturated rings. The molecule has 3 rings (SSSR count). The van der Waals surface area contributed by atoms with Gasteiger partial charge in [0.25, 0.3) is 5.69 Å². The minimum atomic E-state index is -3.75. The molecule has 1 N–H and O–H groups in total. The Morgan fingerprint density at radius 2 is 1.74 bits per heavy atom. The third-order valence-electron chi connectivity index (χ3n) is 5.28. The number of benzene rings is 2. The van der Waals surface area contributed by atoms with Crippen molar-refractivity contribution in [1.29, 1.82) is 0 Å². The number of nitro benzene ring substituents is 1. The molecule has 0 bridgehead atoms. The fourth-order valence-electron chi connectivity index (χ4n) is 3.54. The summed E-state index contributed by atoms with van der Waals surface area (Å²) in [5, 5.41) is 11.0. The van der Waals surface area contributed by atoms with Gasteiger partial charge in [0.2, 0.25) is 10.0 Å². The summed E-state index contributed by atoms with van der Waals surface area (Å²) in [6, 6.07) is 14.5. The molecule has 1 aliphatic heterocycles. The van der Waals surface area contributed by atoms with Crippen LogP contribution in [0.25, 0.3) is 0 Å². The van der Waals surface area contributed by atoms with E-state index in [2.05, 4.69) is 19.1 Å². The van der Waals surface area contributed by atoms with Crippen molar-refractivity contribution in [3.63, 3.8) is 0 Å². The number of hydrogen-bond acceptors (Lipinski definition) is 4. The molecular weight excluding hydrogens is 366 g/mol. The summed E-state index contributed by atoms with van der Waals surface area (Å²) in [6.07, 6.45) is 0. The number of sulfonamides is 1. The number of quaternary nitrogens is 1. The molecule has 0 saturated carbocycles. The Morgan fingerprint density at radius 3 is 2.33 bits per heavy atom. The first-order valence-corrected chi connectivity index (χ1v) is 10.4. The van der Waals surface area contributed by atoms with E-state index in [0.29, 0.717) is 31.7 Å². The van der Waals surface area contributed by atoms with Crippen LogP contribution in [-0.2, 0) is 10.0 Å². The number of nitrogens with one attached hydrogen (secondary N) is 1. The average Bonchev–Trinajstić information content (AvgIpc) is 2.68. The third-order valence-corrected chi connectivity index (χ3v) is 7.32. The molecular formula is C19H24N3O4S+. The predicted octanol–water partition coefficient (Wildman–Crippen LogP) is 1.55. The second-order valence-corrected chi connectivity index (χ2v) is 8.81. The van der Waals surface area contributed by atoms with Crippen LogP contribution in [0.4, 0.5) is 5.69 Å². The summed E-state index contributed by atoms with van der Waals surface area (Å²) in [6.45, 7) is 6.01. The highest BCUT2D eigenvalue weighted by Crippen LogP contribution is 2.25. The quantitative estimate of drug-likeness (QED) is 0.620. The number of non-ortho nitro benzene ring substituents is 1. The van der Waals surface area contributed by atoms with Crippen molar-refractivity contribution < 1.29 is 18.2 Å². The lowest BCUT2D eigenvalue weighted by molar-refractivity contribution is -0.933. The van der Waals surface area contributed by atoms with E-state index in [1.54, 1.807) is 6.92 Å². The number of nitro groups is 1. The first-order chi connectivity index (χ1) is 12.8. The van der Waals surface area contributed by atoms with Crippen molar-refractivity contribution in [2.45, 2.75) is 24.8 Å². The fourth-order valence-corrected chi connectivity index (χ4v) is 5.23. The molecule has 0 aliphatic carbocycles. The van der Waals surface area contributed by atoms with Crippen LogP contribution < -0.4 is 4.90 Å². The van der Waals surface area contributed by atoms with Crippen molar-refractivity contribution in [1.82, 2.24) is 4.31 Å². The standard InChI is InChI=1S/C19H23N3O4S/c1-15-8-9-18(22(23)24)14-19(15)27(25,26)21-12-10-20(11-13-21)16(2)17-6-4-3-5-7-17/h3-9,14,16H,10-13H2,1-2H3/p+1/t16-/m1/s1. The summed E-state index contributed by atoms with van der Waals surface area (Å²) in [4.78, 5) is 11.8. The largest absolute Gasteiger partial charge is 0.327 e. The van der Waals surface area contributed by atoms with Crippen molar-refractivity contribution >= 4 is 15.7 Å². The zero-order valence-corrected chi connectivity index (χ0v) is 16.3. The maximum absolute atomic E-state index is 13.0. The van der Waals surface area contributed by atoms with Crippen molar-refractivity contribution in [2.24, 2.45) is 0 Å². The Kier molecular flexibility index (Phi) is 5.59. The zero-order valence-electron chi connectivity index (χ0n) is 15.5. The first kappa shape index (κ1) is 19.5. The lowest BCUT2D eigenvalue weighted by Gasteiger charge is -2.35. The summed E-state index contributed by atoms with van der Waals surface area (Å²) in [5.74, 6) is 0. The smallest absolute Gasteiger partial charge is 0.270 e. The minimum absolute atomic E-state index is 0.0243. The lowest BCUT2D eigenvalue weighted by atomic mass is 10.1. The molecule has 7 nitrogen and oxygen atoms in total. The second-order valence-electron chi connectivity index (χ2n) is 6.90. The van der Waals surface area contributed by atoms with E-state index in [0.717, 1.165) is 6.07 Å². The molecule has 27 heavy (non-hydrogen) atoms. The summed E-state index contributed by atoms with van der Waals surface area (Å²) < 4.78 is 27.5.